The molecule has 0 saturated heterocycles. The number of carbonyl (C=O) groups is 3. The fourth-order valence-corrected chi connectivity index (χ4v) is 8.89. The lowest BCUT2D eigenvalue weighted by Gasteiger charge is -2.50. The van der Waals surface area contributed by atoms with Crippen molar-refractivity contribution in [1.29, 1.82) is 0 Å². The van der Waals surface area contributed by atoms with Crippen LogP contribution >= 0.6 is 35.0 Å². The van der Waals surface area contributed by atoms with Crippen LogP contribution < -0.4 is 10.6 Å². The van der Waals surface area contributed by atoms with Crippen molar-refractivity contribution in [3.8, 4) is 0 Å². The topological polar surface area (TPSA) is 113 Å². The number of nitrogens with two attached hydrogens (primary N) is 1. The highest BCUT2D eigenvalue weighted by Crippen LogP contribution is 2.57. The Kier molecular flexibility index (Phi) is 8.53. The van der Waals surface area contributed by atoms with Crippen molar-refractivity contribution in [1.82, 2.24) is 0 Å². The van der Waals surface area contributed by atoms with Gasteiger partial charge in [0.1, 0.15) is 11.6 Å². The average molecular weight is 794 g/mol. The Bertz CT molecular complexity index is 2350. The quantitative estimate of drug-likeness (QED) is 0.103. The predicted octanol–water partition coefficient (Wildman–Crippen LogP) is 7.78. The fourth-order valence-electron chi connectivity index (χ4n) is 8.11. The lowest BCUT2D eigenvalue weighted by Crippen LogP contribution is -2.57. The summed E-state index contributed by atoms with van der Waals surface area (Å²) >= 11 is 2.33. The molecule has 7 nitrogen and oxygen atoms in total. The van der Waals surface area contributed by atoms with Gasteiger partial charge in [-0.05, 0) is 97.9 Å². The van der Waals surface area contributed by atoms with E-state index in [1.807, 2.05) is 73.7 Å². The van der Waals surface area contributed by atoms with Gasteiger partial charge in [-0.25, -0.2) is 0 Å². The second-order valence-electron chi connectivity index (χ2n) is 13.1. The van der Waals surface area contributed by atoms with Crippen molar-refractivity contribution >= 4 is 92.1 Å². The average Bonchev–Trinajstić information content (AvgIpc) is 3.56. The summed E-state index contributed by atoms with van der Waals surface area (Å²) in [5.41, 5.74) is 8.94. The van der Waals surface area contributed by atoms with Gasteiger partial charge in [0.25, 0.3) is 0 Å². The molecule has 250 valence electrons. The van der Waals surface area contributed by atoms with Crippen LogP contribution in [0.4, 0.5) is 5.69 Å². The minimum atomic E-state index is -1.30. The summed E-state index contributed by atoms with van der Waals surface area (Å²) in [7, 11) is 0. The number of nitrogens with zero attached hydrogens (tertiary/aromatic N) is 2. The van der Waals surface area contributed by atoms with E-state index < -0.39 is 23.0 Å². The zero-order chi connectivity index (χ0) is 34.1. The number of ketones is 2. The Balaban J connectivity index is 0.00000392. The first-order valence-electron chi connectivity index (χ1n) is 16.2. The first kappa shape index (κ1) is 33.8. The molecule has 0 bridgehead atoms. The Morgan fingerprint density at radius 1 is 0.960 bits per heavy atom. The number of carboxylic acid groups (broad SMARTS) is 1. The zero-order valence-electron chi connectivity index (χ0n) is 27.1. The Morgan fingerprint density at radius 2 is 1.66 bits per heavy atom. The highest BCUT2D eigenvalue weighted by atomic mass is 127. The molecule has 0 aromatic heterocycles. The fraction of sp³-hybridized carbons (Fsp3) is 0.171. The van der Waals surface area contributed by atoms with Crippen molar-refractivity contribution in [2.24, 2.45) is 10.7 Å². The molecule has 0 radical (unpaired) electrons. The number of anilines is 1. The summed E-state index contributed by atoms with van der Waals surface area (Å²) in [5, 5.41) is 13.4. The van der Waals surface area contributed by atoms with Gasteiger partial charge in [0.05, 0.1) is 17.5 Å². The summed E-state index contributed by atoms with van der Waals surface area (Å²) < 4.78 is 1.03. The number of Topliss-reactive ketones (excluding diaryl/α,β-unsaturated/α-hetero) is 2. The maximum absolute atomic E-state index is 14.8. The van der Waals surface area contributed by atoms with E-state index in [0.717, 1.165) is 53.2 Å². The minimum absolute atomic E-state index is 0. The first-order valence-corrected chi connectivity index (χ1v) is 17.3. The van der Waals surface area contributed by atoms with E-state index in [1.54, 1.807) is 6.21 Å². The third kappa shape index (κ3) is 4.87. The number of halogens is 2. The first-order chi connectivity index (χ1) is 23.6. The van der Waals surface area contributed by atoms with Gasteiger partial charge in [-0.3, -0.25) is 19.4 Å². The number of hydrogen-bond acceptors (Lipinski definition) is 6. The van der Waals surface area contributed by atoms with Gasteiger partial charge in [0.2, 0.25) is 0 Å². The Labute approximate surface area is 309 Å². The maximum Gasteiger partial charge on any atom is 0.320 e. The molecule has 0 spiro atoms. The van der Waals surface area contributed by atoms with E-state index >= 15 is 0 Å². The van der Waals surface area contributed by atoms with Gasteiger partial charge in [0, 0.05) is 27.6 Å². The molecule has 3 atom stereocenters. The van der Waals surface area contributed by atoms with Gasteiger partial charge in [-0.2, -0.15) is 0 Å². The van der Waals surface area contributed by atoms with Crippen LogP contribution in [0.1, 0.15) is 46.0 Å². The molecule has 0 fully saturated rings. The molecular weight excluding hydrogens is 761 g/mol. The molecule has 2 unspecified atom stereocenters. The molecule has 0 amide bonds. The van der Waals surface area contributed by atoms with Gasteiger partial charge in [0.15, 0.2) is 11.6 Å². The number of carboxylic acids is 1. The van der Waals surface area contributed by atoms with Gasteiger partial charge in [-0.15, -0.1) is 12.4 Å². The maximum atomic E-state index is 14.8. The largest absolute Gasteiger partial charge is 0.480 e. The van der Waals surface area contributed by atoms with Crippen molar-refractivity contribution in [3.63, 3.8) is 0 Å². The van der Waals surface area contributed by atoms with Gasteiger partial charge >= 0.3 is 5.97 Å². The molecule has 5 aromatic rings. The van der Waals surface area contributed by atoms with E-state index in [9.17, 15) is 19.5 Å². The summed E-state index contributed by atoms with van der Waals surface area (Å²) in [6, 6.07) is 28.9. The lowest BCUT2D eigenvalue weighted by atomic mass is 9.55. The van der Waals surface area contributed by atoms with E-state index in [2.05, 4.69) is 70.0 Å². The summed E-state index contributed by atoms with van der Waals surface area (Å²) in [4.78, 5) is 47.9. The summed E-state index contributed by atoms with van der Waals surface area (Å²) in [6.07, 6.45) is 7.87. The number of para-hydroxylation sites is 1. The molecule has 8 rings (SSSR count). The van der Waals surface area contributed by atoms with Crippen LogP contribution in [0.2, 0.25) is 0 Å². The molecule has 0 saturated carbocycles. The molecule has 2 heterocycles. The number of aliphatic imine (C=N–C) groups is 1. The monoisotopic (exact) mass is 793 g/mol. The van der Waals surface area contributed by atoms with E-state index in [1.165, 1.54) is 0 Å². The molecule has 9 heteroatoms. The molecule has 5 aromatic carbocycles. The second-order valence-corrected chi connectivity index (χ2v) is 14.3. The standard InChI is InChI=1S/C41H32IN3O4.ClH/c1-40(31-17-16-28-27-9-3-4-10-29(27)32(42)22-30(28)38(31)35(46)23-37(40)47)41(26-14-12-24(13-15-26)21-33(43)39(48)49)36(18-19-44-41)45-20-6-8-25-7-2-5-11-34(25)45;/h2-19,22,33H,20-21,23,43H2,1H3,(H,48,49);1H/t33-,40?,41?;/m0./s1. The third-order valence-electron chi connectivity index (χ3n) is 10.5. The number of carbonyl (C=O) groups excluding carboxylic acids is 2. The van der Waals surface area contributed by atoms with Crippen molar-refractivity contribution in [3.05, 3.63) is 140 Å². The minimum Gasteiger partial charge on any atom is -0.480 e. The van der Waals surface area contributed by atoms with Crippen LogP contribution in [0.5, 0.6) is 0 Å². The number of aliphatic carboxylic acids is 1. The van der Waals surface area contributed by atoms with E-state index in [4.69, 9.17) is 10.7 Å². The van der Waals surface area contributed by atoms with Crippen molar-refractivity contribution in [2.45, 2.75) is 36.8 Å². The van der Waals surface area contributed by atoms with Crippen LogP contribution in [-0.2, 0) is 27.0 Å². The molecule has 2 aliphatic heterocycles. The van der Waals surface area contributed by atoms with Crippen LogP contribution in [0.3, 0.4) is 0 Å². The predicted molar refractivity (Wildman–Crippen MR) is 210 cm³/mol. The van der Waals surface area contributed by atoms with Gasteiger partial charge < -0.3 is 15.7 Å². The molecule has 3 N–H and O–H groups in total. The Hall–Kier alpha value is -4.64. The summed E-state index contributed by atoms with van der Waals surface area (Å²) in [6.45, 7) is 2.51. The van der Waals surface area contributed by atoms with Gasteiger partial charge in [-0.1, -0.05) is 91.0 Å². The highest BCUT2D eigenvalue weighted by Gasteiger charge is 2.62. The summed E-state index contributed by atoms with van der Waals surface area (Å²) in [5.74, 6) is -1.47. The number of allylic oxidation sites excluding steroid dienone is 1. The van der Waals surface area contributed by atoms with Crippen LogP contribution in [0.25, 0.3) is 27.6 Å². The molecule has 50 heavy (non-hydrogen) atoms. The second kappa shape index (κ2) is 12.6. The van der Waals surface area contributed by atoms with Crippen LogP contribution in [0, 0.1) is 3.57 Å². The lowest BCUT2D eigenvalue weighted by molar-refractivity contribution is -0.138. The molecule has 1 aliphatic carbocycles. The third-order valence-corrected chi connectivity index (χ3v) is 11.4. The number of rotatable bonds is 6. The van der Waals surface area contributed by atoms with E-state index in [-0.39, 0.29) is 36.8 Å². The number of fused-ring (bicyclic) bond motifs is 6. The van der Waals surface area contributed by atoms with Crippen molar-refractivity contribution < 1.29 is 19.5 Å². The SMILES string of the molecule is CC1(C2(c3ccc(C[C@H](N)C(=O)O)cc3)N=CC=C2N2CC=Cc3ccccc32)C(=O)CC(=O)c2c1ccc1c2cc(I)c2ccccc21.Cl. The van der Waals surface area contributed by atoms with Crippen molar-refractivity contribution in [2.75, 3.05) is 11.4 Å². The molecular formula is C41H33ClIN3O4. The van der Waals surface area contributed by atoms with Crippen LogP contribution in [0.15, 0.2) is 114 Å². The smallest absolute Gasteiger partial charge is 0.320 e. The number of hydrogen-bond donors (Lipinski definition) is 2. The highest BCUT2D eigenvalue weighted by molar-refractivity contribution is 14.1. The Morgan fingerprint density at radius 3 is 2.42 bits per heavy atom. The normalized spacial score (nSPS) is 21.5. The molecule has 3 aliphatic rings. The number of benzene rings is 5. The van der Waals surface area contributed by atoms with Crippen LogP contribution in [-0.4, -0.2) is 41.4 Å². The van der Waals surface area contributed by atoms with E-state index in [0.29, 0.717) is 17.7 Å². The zero-order valence-corrected chi connectivity index (χ0v) is 30.1.